The number of aryl methyl sites for hydroxylation is 1. The van der Waals surface area contributed by atoms with Crippen molar-refractivity contribution in [1.29, 1.82) is 0 Å². The zero-order valence-corrected chi connectivity index (χ0v) is 11.6. The summed E-state index contributed by atoms with van der Waals surface area (Å²) >= 11 is 0. The van der Waals surface area contributed by atoms with Gasteiger partial charge < -0.3 is 5.73 Å². The van der Waals surface area contributed by atoms with Crippen molar-refractivity contribution < 1.29 is 8.42 Å². The number of sulfonamides is 1. The largest absolute Gasteiger partial charge is 0.325 e. The molecule has 102 valence electrons. The summed E-state index contributed by atoms with van der Waals surface area (Å²) in [5.41, 5.74) is 8.90. The Morgan fingerprint density at radius 1 is 1.32 bits per heavy atom. The molecule has 0 radical (unpaired) electrons. The number of benzene rings is 1. The molecular formula is C12H16N4O2S. The van der Waals surface area contributed by atoms with Crippen molar-refractivity contribution in [2.75, 3.05) is 11.0 Å². The Kier molecular flexibility index (Phi) is 3.59. The molecule has 0 saturated heterocycles. The van der Waals surface area contributed by atoms with E-state index in [0.29, 0.717) is 12.2 Å². The first-order valence-electron chi connectivity index (χ1n) is 5.70. The first-order chi connectivity index (χ1) is 8.89. The van der Waals surface area contributed by atoms with Gasteiger partial charge in [0.25, 0.3) is 0 Å². The number of anilines is 1. The number of nitrogens with one attached hydrogen (secondary N) is 1. The Labute approximate surface area is 112 Å². The lowest BCUT2D eigenvalue weighted by Gasteiger charge is -2.05. The molecule has 0 aliphatic rings. The summed E-state index contributed by atoms with van der Waals surface area (Å²) in [7, 11) is -1.41. The van der Waals surface area contributed by atoms with Gasteiger partial charge in [-0.05, 0) is 17.7 Å². The SMILES string of the molecule is Cn1cc(-c2ccc(NS(C)(=O)=O)cc2)c(CN)n1. The molecule has 19 heavy (non-hydrogen) atoms. The van der Waals surface area contributed by atoms with Gasteiger partial charge in [0.2, 0.25) is 10.0 Å². The predicted molar refractivity (Wildman–Crippen MR) is 75.0 cm³/mol. The number of hydrogen-bond donors (Lipinski definition) is 2. The van der Waals surface area contributed by atoms with Crippen LogP contribution >= 0.6 is 0 Å². The molecule has 3 N–H and O–H groups in total. The van der Waals surface area contributed by atoms with Crippen LogP contribution in [0.5, 0.6) is 0 Å². The fourth-order valence-electron chi connectivity index (χ4n) is 1.86. The maximum atomic E-state index is 11.1. The minimum Gasteiger partial charge on any atom is -0.325 e. The predicted octanol–water partition coefficient (Wildman–Crippen LogP) is 0.917. The summed E-state index contributed by atoms with van der Waals surface area (Å²) in [5, 5.41) is 4.27. The average Bonchev–Trinajstić information content (AvgIpc) is 2.69. The van der Waals surface area contributed by atoms with Crippen LogP contribution in [0.4, 0.5) is 5.69 Å². The normalized spacial score (nSPS) is 11.5. The molecule has 0 amide bonds. The Morgan fingerprint density at radius 3 is 2.47 bits per heavy atom. The van der Waals surface area contributed by atoms with E-state index < -0.39 is 10.0 Å². The van der Waals surface area contributed by atoms with Gasteiger partial charge in [-0.3, -0.25) is 9.40 Å². The third-order valence-corrected chi connectivity index (χ3v) is 3.20. The van der Waals surface area contributed by atoms with Crippen LogP contribution in [-0.2, 0) is 23.6 Å². The molecule has 7 heteroatoms. The highest BCUT2D eigenvalue weighted by atomic mass is 32.2. The molecule has 2 aromatic rings. The Bertz CT molecular complexity index is 674. The van der Waals surface area contributed by atoms with Crippen molar-refractivity contribution in [3.05, 3.63) is 36.2 Å². The Hall–Kier alpha value is -1.86. The number of nitrogens with two attached hydrogens (primary N) is 1. The molecule has 1 heterocycles. The summed E-state index contributed by atoms with van der Waals surface area (Å²) in [6.45, 7) is 0.361. The minimum absolute atomic E-state index is 0.361. The van der Waals surface area contributed by atoms with Crippen LogP contribution in [-0.4, -0.2) is 24.5 Å². The van der Waals surface area contributed by atoms with E-state index in [4.69, 9.17) is 5.73 Å². The molecule has 1 aromatic carbocycles. The van der Waals surface area contributed by atoms with Gasteiger partial charge in [-0.25, -0.2) is 8.42 Å². The third-order valence-electron chi connectivity index (χ3n) is 2.60. The van der Waals surface area contributed by atoms with Crippen LogP contribution in [0.25, 0.3) is 11.1 Å². The third kappa shape index (κ3) is 3.33. The van der Waals surface area contributed by atoms with Gasteiger partial charge in [-0.15, -0.1) is 0 Å². The maximum absolute atomic E-state index is 11.1. The van der Waals surface area contributed by atoms with Crippen LogP contribution < -0.4 is 10.5 Å². The van der Waals surface area contributed by atoms with E-state index >= 15 is 0 Å². The fourth-order valence-corrected chi connectivity index (χ4v) is 2.42. The molecule has 0 spiro atoms. The lowest BCUT2D eigenvalue weighted by molar-refractivity contribution is 0.607. The molecule has 0 saturated carbocycles. The minimum atomic E-state index is -3.25. The monoisotopic (exact) mass is 280 g/mol. The van der Waals surface area contributed by atoms with E-state index in [1.807, 2.05) is 25.4 Å². The second-order valence-corrected chi connectivity index (χ2v) is 6.07. The molecular weight excluding hydrogens is 264 g/mol. The lowest BCUT2D eigenvalue weighted by atomic mass is 10.1. The molecule has 0 aliphatic carbocycles. The van der Waals surface area contributed by atoms with E-state index in [1.54, 1.807) is 16.8 Å². The number of hydrogen-bond acceptors (Lipinski definition) is 4. The highest BCUT2D eigenvalue weighted by Crippen LogP contribution is 2.24. The standard InChI is InChI=1S/C12H16N4O2S/c1-16-8-11(12(7-13)14-16)9-3-5-10(6-4-9)15-19(2,17)18/h3-6,8,15H,7,13H2,1-2H3. The first-order valence-corrected chi connectivity index (χ1v) is 7.59. The molecule has 0 unspecified atom stereocenters. The fraction of sp³-hybridized carbons (Fsp3) is 0.250. The first kappa shape index (κ1) is 13.6. The summed E-state index contributed by atoms with van der Waals surface area (Å²) in [4.78, 5) is 0. The van der Waals surface area contributed by atoms with E-state index in [-0.39, 0.29) is 0 Å². The van der Waals surface area contributed by atoms with Gasteiger partial charge in [0, 0.05) is 31.0 Å². The molecule has 2 rings (SSSR count). The Morgan fingerprint density at radius 2 is 1.95 bits per heavy atom. The summed E-state index contributed by atoms with van der Waals surface area (Å²) < 4.78 is 26.4. The molecule has 0 aliphatic heterocycles. The van der Waals surface area contributed by atoms with Gasteiger partial charge in [-0.1, -0.05) is 12.1 Å². The second kappa shape index (κ2) is 5.02. The quantitative estimate of drug-likeness (QED) is 0.871. The maximum Gasteiger partial charge on any atom is 0.229 e. The second-order valence-electron chi connectivity index (χ2n) is 4.32. The van der Waals surface area contributed by atoms with Crippen LogP contribution in [0.15, 0.2) is 30.5 Å². The zero-order valence-electron chi connectivity index (χ0n) is 10.8. The van der Waals surface area contributed by atoms with E-state index in [9.17, 15) is 8.42 Å². The molecule has 6 nitrogen and oxygen atoms in total. The van der Waals surface area contributed by atoms with Crippen molar-refractivity contribution in [3.63, 3.8) is 0 Å². The van der Waals surface area contributed by atoms with E-state index in [1.165, 1.54) is 0 Å². The lowest BCUT2D eigenvalue weighted by Crippen LogP contribution is -2.09. The summed E-state index contributed by atoms with van der Waals surface area (Å²) in [5.74, 6) is 0. The Balaban J connectivity index is 2.32. The van der Waals surface area contributed by atoms with Gasteiger partial charge >= 0.3 is 0 Å². The number of aromatic nitrogens is 2. The highest BCUT2D eigenvalue weighted by Gasteiger charge is 2.09. The number of nitrogens with zero attached hydrogens (tertiary/aromatic N) is 2. The molecule has 0 bridgehead atoms. The molecule has 0 fully saturated rings. The van der Waals surface area contributed by atoms with Crippen LogP contribution in [0.2, 0.25) is 0 Å². The van der Waals surface area contributed by atoms with Crippen molar-refractivity contribution in [1.82, 2.24) is 9.78 Å². The summed E-state index contributed by atoms with van der Waals surface area (Å²) in [6.07, 6.45) is 3.01. The van der Waals surface area contributed by atoms with Gasteiger partial charge in [-0.2, -0.15) is 5.10 Å². The smallest absolute Gasteiger partial charge is 0.229 e. The van der Waals surface area contributed by atoms with Crippen molar-refractivity contribution in [2.45, 2.75) is 6.54 Å². The van der Waals surface area contributed by atoms with Crippen LogP contribution in [0.3, 0.4) is 0 Å². The van der Waals surface area contributed by atoms with Crippen molar-refractivity contribution in [3.8, 4) is 11.1 Å². The zero-order chi connectivity index (χ0) is 14.0. The van der Waals surface area contributed by atoms with Crippen LogP contribution in [0.1, 0.15) is 5.69 Å². The average molecular weight is 280 g/mol. The van der Waals surface area contributed by atoms with Crippen molar-refractivity contribution >= 4 is 15.7 Å². The van der Waals surface area contributed by atoms with E-state index in [0.717, 1.165) is 23.1 Å². The van der Waals surface area contributed by atoms with Gasteiger partial charge in [0.1, 0.15) is 0 Å². The number of rotatable bonds is 4. The summed E-state index contributed by atoms with van der Waals surface area (Å²) in [6, 6.07) is 7.10. The van der Waals surface area contributed by atoms with Crippen molar-refractivity contribution in [2.24, 2.45) is 12.8 Å². The van der Waals surface area contributed by atoms with Gasteiger partial charge in [0.15, 0.2) is 0 Å². The topological polar surface area (TPSA) is 90.0 Å². The molecule has 0 atom stereocenters. The van der Waals surface area contributed by atoms with Crippen LogP contribution in [0, 0.1) is 0 Å². The highest BCUT2D eigenvalue weighted by molar-refractivity contribution is 7.92. The van der Waals surface area contributed by atoms with E-state index in [2.05, 4.69) is 9.82 Å². The molecule has 1 aromatic heterocycles. The van der Waals surface area contributed by atoms with Gasteiger partial charge in [0.05, 0.1) is 11.9 Å².